The summed E-state index contributed by atoms with van der Waals surface area (Å²) in [6.45, 7) is 0. The summed E-state index contributed by atoms with van der Waals surface area (Å²) in [7, 11) is 0. The van der Waals surface area contributed by atoms with Crippen LogP contribution in [0.15, 0.2) is 0 Å². The molecule has 0 amide bonds. The van der Waals surface area contributed by atoms with Gasteiger partial charge >= 0.3 is 5.97 Å². The molecule has 0 fully saturated rings. The number of nitrogens with two attached hydrogens (primary N) is 1. The van der Waals surface area contributed by atoms with Gasteiger partial charge in [-0.05, 0) is 0 Å². The van der Waals surface area contributed by atoms with E-state index in [0.717, 1.165) is 0 Å². The molecule has 0 aliphatic carbocycles. The van der Waals surface area contributed by atoms with Gasteiger partial charge in [-0.25, -0.2) is 0 Å². The Kier molecular flexibility index (Phi) is 2.67. The van der Waals surface area contributed by atoms with Crippen molar-refractivity contribution in [1.82, 2.24) is 0 Å². The van der Waals surface area contributed by atoms with Crippen LogP contribution < -0.4 is 5.73 Å². The first-order valence-electron chi connectivity index (χ1n) is 2.10. The first kappa shape index (κ1) is 6.99. The molecule has 0 aliphatic heterocycles. The van der Waals surface area contributed by atoms with Crippen molar-refractivity contribution in [2.45, 2.75) is 12.5 Å². The molecule has 3 nitrogen and oxygen atoms in total. The zero-order chi connectivity index (χ0) is 6.57. The van der Waals surface area contributed by atoms with Crippen molar-refractivity contribution in [3.05, 3.63) is 0 Å². The third kappa shape index (κ3) is 3.19. The maximum absolute atomic E-state index is 9.79. The number of hydrogen-bond acceptors (Lipinski definition) is 2. The molecule has 44 valence electrons. The quantitative estimate of drug-likeness (QED) is 0.471. The molecule has 8 heavy (non-hydrogen) atoms. The second kappa shape index (κ2) is 3.05. The highest BCUT2D eigenvalue weighted by atomic mass is 16.4. The lowest BCUT2D eigenvalue weighted by Gasteiger charge is -1.94. The molecule has 0 bridgehead atoms. The van der Waals surface area contributed by atoms with Crippen LogP contribution in [0.25, 0.3) is 0 Å². The fraction of sp³-hybridized carbons (Fsp3) is 0.400. The van der Waals surface area contributed by atoms with Gasteiger partial charge in [-0.3, -0.25) is 4.79 Å². The Hall–Kier alpha value is -1.01. The normalized spacial score (nSPS) is 12.0. The molecular weight excluding hydrogens is 106 g/mol. The van der Waals surface area contributed by atoms with Gasteiger partial charge in [0.1, 0.15) is 0 Å². The third-order valence-corrected chi connectivity index (χ3v) is 0.609. The molecular formula is C5H7NO2. The molecule has 0 aliphatic rings. The van der Waals surface area contributed by atoms with Gasteiger partial charge in [0.2, 0.25) is 0 Å². The van der Waals surface area contributed by atoms with Crippen LogP contribution in [0, 0.1) is 12.3 Å². The van der Waals surface area contributed by atoms with Crippen LogP contribution >= 0.6 is 0 Å². The lowest BCUT2D eigenvalue weighted by Crippen LogP contribution is -2.20. The molecule has 0 saturated carbocycles. The van der Waals surface area contributed by atoms with Gasteiger partial charge < -0.3 is 10.8 Å². The van der Waals surface area contributed by atoms with Crippen LogP contribution in [-0.4, -0.2) is 17.1 Å². The summed E-state index contributed by atoms with van der Waals surface area (Å²) >= 11 is 0. The van der Waals surface area contributed by atoms with E-state index in [0.29, 0.717) is 0 Å². The third-order valence-electron chi connectivity index (χ3n) is 0.609. The van der Waals surface area contributed by atoms with E-state index in [4.69, 9.17) is 17.3 Å². The van der Waals surface area contributed by atoms with Crippen molar-refractivity contribution in [3.8, 4) is 12.3 Å². The minimum Gasteiger partial charge on any atom is -0.481 e. The van der Waals surface area contributed by atoms with Crippen LogP contribution in [0.2, 0.25) is 0 Å². The summed E-state index contributed by atoms with van der Waals surface area (Å²) in [4.78, 5) is 9.79. The number of aliphatic carboxylic acids is 1. The van der Waals surface area contributed by atoms with Crippen molar-refractivity contribution in [2.75, 3.05) is 0 Å². The van der Waals surface area contributed by atoms with E-state index in [1.165, 1.54) is 0 Å². The minimum absolute atomic E-state index is 0.156. The van der Waals surface area contributed by atoms with E-state index < -0.39 is 12.0 Å². The predicted molar refractivity (Wildman–Crippen MR) is 29.1 cm³/mol. The molecule has 0 aromatic rings. The largest absolute Gasteiger partial charge is 0.481 e. The molecule has 0 aromatic heterocycles. The SMILES string of the molecule is C#CC(N)CC(=O)O. The van der Waals surface area contributed by atoms with Crippen molar-refractivity contribution in [2.24, 2.45) is 5.73 Å². The Balaban J connectivity index is 3.43. The van der Waals surface area contributed by atoms with Crippen molar-refractivity contribution < 1.29 is 9.90 Å². The van der Waals surface area contributed by atoms with Crippen LogP contribution in [0.1, 0.15) is 6.42 Å². The molecule has 0 spiro atoms. The van der Waals surface area contributed by atoms with Crippen molar-refractivity contribution in [1.29, 1.82) is 0 Å². The second-order valence-corrected chi connectivity index (χ2v) is 1.37. The number of carbonyl (C=O) groups is 1. The van der Waals surface area contributed by atoms with E-state index >= 15 is 0 Å². The molecule has 0 heterocycles. The van der Waals surface area contributed by atoms with Gasteiger partial charge in [-0.1, -0.05) is 5.92 Å². The average molecular weight is 113 g/mol. The topological polar surface area (TPSA) is 63.3 Å². The fourth-order valence-electron chi connectivity index (χ4n) is 0.247. The summed E-state index contributed by atoms with van der Waals surface area (Å²) in [5.74, 6) is 1.13. The Morgan fingerprint density at radius 1 is 2.00 bits per heavy atom. The summed E-state index contributed by atoms with van der Waals surface area (Å²) in [6, 6.07) is -0.646. The van der Waals surface area contributed by atoms with Crippen molar-refractivity contribution >= 4 is 5.97 Å². The number of rotatable bonds is 2. The maximum atomic E-state index is 9.79. The standard InChI is InChI=1S/C5H7NO2/c1-2-4(6)3-5(7)8/h1,4H,3,6H2,(H,7,8). The molecule has 3 N–H and O–H groups in total. The van der Waals surface area contributed by atoms with E-state index in [2.05, 4.69) is 5.92 Å². The first-order chi connectivity index (χ1) is 3.66. The highest BCUT2D eigenvalue weighted by Gasteiger charge is 2.01. The predicted octanol–water partition coefficient (Wildman–Crippen LogP) is -0.578. The number of hydrogen-bond donors (Lipinski definition) is 2. The molecule has 0 aromatic carbocycles. The molecule has 1 atom stereocenters. The smallest absolute Gasteiger partial charge is 0.305 e. The summed E-state index contributed by atoms with van der Waals surface area (Å²) in [6.07, 6.45) is 4.63. The van der Waals surface area contributed by atoms with Gasteiger partial charge in [0.25, 0.3) is 0 Å². The molecule has 0 rings (SSSR count). The van der Waals surface area contributed by atoms with Crippen LogP contribution in [0.4, 0.5) is 0 Å². The van der Waals surface area contributed by atoms with Crippen LogP contribution in [0.5, 0.6) is 0 Å². The zero-order valence-electron chi connectivity index (χ0n) is 4.29. The number of carboxylic acid groups (broad SMARTS) is 1. The summed E-state index contributed by atoms with van der Waals surface area (Å²) in [5.41, 5.74) is 5.06. The number of carboxylic acids is 1. The van der Waals surface area contributed by atoms with Crippen LogP contribution in [-0.2, 0) is 4.79 Å². The van der Waals surface area contributed by atoms with E-state index in [9.17, 15) is 4.79 Å². The highest BCUT2D eigenvalue weighted by molar-refractivity contribution is 5.68. The minimum atomic E-state index is -0.963. The van der Waals surface area contributed by atoms with E-state index in [1.807, 2.05) is 0 Å². The molecule has 0 radical (unpaired) electrons. The highest BCUT2D eigenvalue weighted by Crippen LogP contribution is 1.82. The maximum Gasteiger partial charge on any atom is 0.305 e. The molecule has 0 saturated heterocycles. The van der Waals surface area contributed by atoms with Crippen molar-refractivity contribution in [3.63, 3.8) is 0 Å². The lowest BCUT2D eigenvalue weighted by molar-refractivity contribution is -0.137. The van der Waals surface area contributed by atoms with E-state index in [1.54, 1.807) is 0 Å². The fourth-order valence-corrected chi connectivity index (χ4v) is 0.247. The lowest BCUT2D eigenvalue weighted by atomic mass is 10.2. The zero-order valence-corrected chi connectivity index (χ0v) is 4.29. The monoisotopic (exact) mass is 113 g/mol. The Morgan fingerprint density at radius 3 is 2.62 bits per heavy atom. The van der Waals surface area contributed by atoms with Gasteiger partial charge in [-0.2, -0.15) is 0 Å². The van der Waals surface area contributed by atoms with E-state index in [-0.39, 0.29) is 6.42 Å². The van der Waals surface area contributed by atoms with Gasteiger partial charge in [0.05, 0.1) is 12.5 Å². The second-order valence-electron chi connectivity index (χ2n) is 1.37. The van der Waals surface area contributed by atoms with Gasteiger partial charge in [0.15, 0.2) is 0 Å². The Labute approximate surface area is 47.5 Å². The molecule has 3 heteroatoms. The van der Waals surface area contributed by atoms with Crippen LogP contribution in [0.3, 0.4) is 0 Å². The van der Waals surface area contributed by atoms with Gasteiger partial charge in [-0.15, -0.1) is 6.42 Å². The summed E-state index contributed by atoms with van der Waals surface area (Å²) in [5, 5.41) is 8.04. The Morgan fingerprint density at radius 2 is 2.50 bits per heavy atom. The average Bonchev–Trinajstić information content (AvgIpc) is 1.65. The Bertz CT molecular complexity index is 125. The summed E-state index contributed by atoms with van der Waals surface area (Å²) < 4.78 is 0. The van der Waals surface area contributed by atoms with Gasteiger partial charge in [0, 0.05) is 0 Å². The number of terminal acetylenes is 1. The molecule has 1 unspecified atom stereocenters. The first-order valence-corrected chi connectivity index (χ1v) is 2.10.